The van der Waals surface area contributed by atoms with Gasteiger partial charge in [0.1, 0.15) is 11.8 Å². The van der Waals surface area contributed by atoms with E-state index in [-0.39, 0.29) is 0 Å². The molecule has 0 N–H and O–H groups in total. The number of carbonyl (C=O) groups is 1. The highest BCUT2D eigenvalue weighted by Gasteiger charge is 2.29. The van der Waals surface area contributed by atoms with Crippen LogP contribution in [0.25, 0.3) is 11.1 Å². The lowest BCUT2D eigenvalue weighted by atomic mass is 10.1. The van der Waals surface area contributed by atoms with Gasteiger partial charge in [0.15, 0.2) is 11.5 Å². The molecule has 1 aromatic carbocycles. The summed E-state index contributed by atoms with van der Waals surface area (Å²) in [6.45, 7) is 0. The van der Waals surface area contributed by atoms with Gasteiger partial charge in [-0.3, -0.25) is 0 Å². The maximum atomic E-state index is 10.5. The fourth-order valence-corrected chi connectivity index (χ4v) is 1.78. The van der Waals surface area contributed by atoms with E-state index in [0.29, 0.717) is 12.3 Å². The van der Waals surface area contributed by atoms with Crippen molar-refractivity contribution in [2.75, 3.05) is 0 Å². The SMILES string of the molecule is O=CCc1cccc2nc(C3CC3)oc12. The number of carbonyl (C=O) groups excluding carboxylic acids is 1. The second kappa shape index (κ2) is 3.19. The zero-order valence-electron chi connectivity index (χ0n) is 8.27. The number of fused-ring (bicyclic) bond motifs is 1. The Morgan fingerprint density at radius 3 is 3.07 bits per heavy atom. The molecular weight excluding hydrogens is 190 g/mol. The second-order valence-corrected chi connectivity index (χ2v) is 3.96. The van der Waals surface area contributed by atoms with Gasteiger partial charge in [0.05, 0.1) is 0 Å². The van der Waals surface area contributed by atoms with Crippen molar-refractivity contribution in [1.82, 2.24) is 4.98 Å². The van der Waals surface area contributed by atoms with Crippen LogP contribution in [0, 0.1) is 0 Å². The van der Waals surface area contributed by atoms with Gasteiger partial charge in [-0.2, -0.15) is 0 Å². The summed E-state index contributed by atoms with van der Waals surface area (Å²) in [4.78, 5) is 14.9. The Bertz CT molecular complexity index is 511. The van der Waals surface area contributed by atoms with Gasteiger partial charge in [-0.05, 0) is 18.9 Å². The Hall–Kier alpha value is -1.64. The Morgan fingerprint density at radius 1 is 1.47 bits per heavy atom. The molecule has 0 spiro atoms. The Balaban J connectivity index is 2.14. The third kappa shape index (κ3) is 1.44. The van der Waals surface area contributed by atoms with Crippen molar-refractivity contribution in [3.8, 4) is 0 Å². The highest BCUT2D eigenvalue weighted by atomic mass is 16.3. The summed E-state index contributed by atoms with van der Waals surface area (Å²) in [7, 11) is 0. The van der Waals surface area contributed by atoms with Crippen LogP contribution < -0.4 is 0 Å². The molecule has 3 rings (SSSR count). The van der Waals surface area contributed by atoms with E-state index in [4.69, 9.17) is 4.42 Å². The zero-order valence-corrected chi connectivity index (χ0v) is 8.27. The fraction of sp³-hybridized carbons (Fsp3) is 0.333. The molecule has 2 aromatic rings. The first-order valence-electron chi connectivity index (χ1n) is 5.20. The van der Waals surface area contributed by atoms with Gasteiger partial charge in [-0.1, -0.05) is 12.1 Å². The van der Waals surface area contributed by atoms with Crippen LogP contribution in [-0.4, -0.2) is 11.3 Å². The van der Waals surface area contributed by atoms with Crippen molar-refractivity contribution >= 4 is 17.4 Å². The number of hydrogen-bond acceptors (Lipinski definition) is 3. The van der Waals surface area contributed by atoms with E-state index < -0.39 is 0 Å². The van der Waals surface area contributed by atoms with Gasteiger partial charge < -0.3 is 9.21 Å². The molecule has 3 heteroatoms. The van der Waals surface area contributed by atoms with E-state index >= 15 is 0 Å². The number of hydrogen-bond donors (Lipinski definition) is 0. The molecule has 0 saturated heterocycles. The Labute approximate surface area is 87.1 Å². The molecule has 0 radical (unpaired) electrons. The van der Waals surface area contributed by atoms with E-state index in [2.05, 4.69) is 4.98 Å². The first-order valence-corrected chi connectivity index (χ1v) is 5.20. The monoisotopic (exact) mass is 201 g/mol. The molecule has 76 valence electrons. The topological polar surface area (TPSA) is 43.1 Å². The standard InChI is InChI=1S/C12H11NO2/c14-7-6-8-2-1-3-10-11(8)15-12(13-10)9-4-5-9/h1-3,7,9H,4-6H2. The molecule has 0 amide bonds. The van der Waals surface area contributed by atoms with Crippen LogP contribution in [-0.2, 0) is 11.2 Å². The molecule has 0 unspecified atom stereocenters. The van der Waals surface area contributed by atoms with Crippen molar-refractivity contribution < 1.29 is 9.21 Å². The van der Waals surface area contributed by atoms with Gasteiger partial charge in [-0.15, -0.1) is 0 Å². The lowest BCUT2D eigenvalue weighted by molar-refractivity contribution is -0.107. The molecule has 1 aromatic heterocycles. The van der Waals surface area contributed by atoms with Gasteiger partial charge in [0, 0.05) is 17.9 Å². The summed E-state index contributed by atoms with van der Waals surface area (Å²) < 4.78 is 5.71. The molecule has 1 aliphatic rings. The predicted molar refractivity (Wildman–Crippen MR) is 55.8 cm³/mol. The Morgan fingerprint density at radius 2 is 2.33 bits per heavy atom. The van der Waals surface area contributed by atoms with E-state index in [9.17, 15) is 4.79 Å². The van der Waals surface area contributed by atoms with Crippen molar-refractivity contribution in [2.45, 2.75) is 25.2 Å². The van der Waals surface area contributed by atoms with Gasteiger partial charge >= 0.3 is 0 Å². The first kappa shape index (κ1) is 8.65. The van der Waals surface area contributed by atoms with E-state index in [1.165, 1.54) is 12.8 Å². The maximum Gasteiger partial charge on any atom is 0.198 e. The van der Waals surface area contributed by atoms with Crippen LogP contribution in [0.5, 0.6) is 0 Å². The van der Waals surface area contributed by atoms with Crippen molar-refractivity contribution in [2.24, 2.45) is 0 Å². The smallest absolute Gasteiger partial charge is 0.198 e. The lowest BCUT2D eigenvalue weighted by Gasteiger charge is -1.94. The minimum atomic E-state index is 0.399. The number of benzene rings is 1. The number of rotatable bonds is 3. The minimum Gasteiger partial charge on any atom is -0.440 e. The number of para-hydroxylation sites is 1. The van der Waals surface area contributed by atoms with Crippen LogP contribution in [0.15, 0.2) is 22.6 Å². The minimum absolute atomic E-state index is 0.399. The van der Waals surface area contributed by atoms with E-state index in [1.807, 2.05) is 18.2 Å². The number of aldehydes is 1. The molecular formula is C12H11NO2. The molecule has 1 fully saturated rings. The summed E-state index contributed by atoms with van der Waals surface area (Å²) in [5, 5.41) is 0. The fourth-order valence-electron chi connectivity index (χ4n) is 1.78. The summed E-state index contributed by atoms with van der Waals surface area (Å²) in [5.74, 6) is 1.35. The van der Waals surface area contributed by atoms with Gasteiger partial charge in [0.25, 0.3) is 0 Å². The lowest BCUT2D eigenvalue weighted by Crippen LogP contribution is -1.85. The molecule has 1 aliphatic carbocycles. The molecule has 1 heterocycles. The van der Waals surface area contributed by atoms with Crippen molar-refractivity contribution in [3.63, 3.8) is 0 Å². The number of aromatic nitrogens is 1. The van der Waals surface area contributed by atoms with Crippen LogP contribution >= 0.6 is 0 Å². The van der Waals surface area contributed by atoms with Crippen LogP contribution in [0.4, 0.5) is 0 Å². The van der Waals surface area contributed by atoms with Gasteiger partial charge in [0.2, 0.25) is 0 Å². The molecule has 0 bridgehead atoms. The second-order valence-electron chi connectivity index (χ2n) is 3.96. The summed E-state index contributed by atoms with van der Waals surface area (Å²) >= 11 is 0. The average Bonchev–Trinajstić information content (AvgIpc) is 2.99. The van der Waals surface area contributed by atoms with Crippen molar-refractivity contribution in [3.05, 3.63) is 29.7 Å². The summed E-state index contributed by atoms with van der Waals surface area (Å²) in [6, 6.07) is 5.76. The normalized spacial score (nSPS) is 15.7. The average molecular weight is 201 g/mol. The van der Waals surface area contributed by atoms with Crippen LogP contribution in [0.3, 0.4) is 0 Å². The summed E-state index contributed by atoms with van der Waals surface area (Å²) in [6.07, 6.45) is 3.65. The highest BCUT2D eigenvalue weighted by molar-refractivity contribution is 5.79. The molecule has 0 aliphatic heterocycles. The third-order valence-electron chi connectivity index (χ3n) is 2.74. The van der Waals surface area contributed by atoms with Crippen LogP contribution in [0.1, 0.15) is 30.2 Å². The van der Waals surface area contributed by atoms with E-state index in [1.54, 1.807) is 0 Å². The quantitative estimate of drug-likeness (QED) is 0.716. The number of oxazole rings is 1. The van der Waals surface area contributed by atoms with Crippen LogP contribution in [0.2, 0.25) is 0 Å². The maximum absolute atomic E-state index is 10.5. The summed E-state index contributed by atoms with van der Waals surface area (Å²) in [5.41, 5.74) is 2.59. The predicted octanol–water partition coefficient (Wildman–Crippen LogP) is 2.45. The largest absolute Gasteiger partial charge is 0.440 e. The first-order chi connectivity index (χ1) is 7.38. The highest BCUT2D eigenvalue weighted by Crippen LogP contribution is 2.40. The molecule has 15 heavy (non-hydrogen) atoms. The Kier molecular flexibility index (Phi) is 1.84. The molecule has 1 saturated carbocycles. The van der Waals surface area contributed by atoms with E-state index in [0.717, 1.165) is 28.8 Å². The van der Waals surface area contributed by atoms with Crippen molar-refractivity contribution in [1.29, 1.82) is 0 Å². The zero-order chi connectivity index (χ0) is 10.3. The number of nitrogens with zero attached hydrogens (tertiary/aromatic N) is 1. The van der Waals surface area contributed by atoms with Gasteiger partial charge in [-0.25, -0.2) is 4.98 Å². The molecule has 0 atom stereocenters. The molecule has 3 nitrogen and oxygen atoms in total. The third-order valence-corrected chi connectivity index (χ3v) is 2.74.